The highest BCUT2D eigenvalue weighted by Gasteiger charge is 2.15. The molecule has 3 nitrogen and oxygen atoms in total. The molecule has 124 valence electrons. The van der Waals surface area contributed by atoms with E-state index in [2.05, 4.69) is 55.4 Å². The number of aryl methyl sites for hydroxylation is 3. The summed E-state index contributed by atoms with van der Waals surface area (Å²) in [6.07, 6.45) is 0. The van der Waals surface area contributed by atoms with Gasteiger partial charge in [-0.15, -0.1) is 0 Å². The molecule has 0 bridgehead atoms. The maximum absolute atomic E-state index is 13.0. The summed E-state index contributed by atoms with van der Waals surface area (Å²) in [5.74, 6) is 0. The van der Waals surface area contributed by atoms with Gasteiger partial charge >= 0.3 is 0 Å². The van der Waals surface area contributed by atoms with Crippen LogP contribution in [0.3, 0.4) is 0 Å². The van der Waals surface area contributed by atoms with Crippen LogP contribution in [0, 0.1) is 20.8 Å². The molecule has 2 N–H and O–H groups in total. The fourth-order valence-corrected chi connectivity index (χ4v) is 3.49. The van der Waals surface area contributed by atoms with Gasteiger partial charge in [0.1, 0.15) is 13.1 Å². The number of fused-ring (bicyclic) bond motifs is 1. The number of nitrogens with one attached hydrogen (secondary N) is 2. The molecule has 0 radical (unpaired) electrons. The molecule has 1 aromatic heterocycles. The molecule has 0 amide bonds. The van der Waals surface area contributed by atoms with E-state index in [1.54, 1.807) is 0 Å². The third-order valence-corrected chi connectivity index (χ3v) is 4.58. The molecule has 1 unspecified atom stereocenters. The summed E-state index contributed by atoms with van der Waals surface area (Å²) in [7, 11) is 2.14. The van der Waals surface area contributed by atoms with Crippen molar-refractivity contribution in [2.45, 2.75) is 33.9 Å². The summed E-state index contributed by atoms with van der Waals surface area (Å²) in [6.45, 7) is 7.71. The van der Waals surface area contributed by atoms with Crippen LogP contribution in [0.4, 0.5) is 0 Å². The highest BCUT2D eigenvalue weighted by Crippen LogP contribution is 2.17. The predicted octanol–water partition coefficient (Wildman–Crippen LogP) is 2.67. The summed E-state index contributed by atoms with van der Waals surface area (Å²) in [5, 5.41) is 0.828. The number of quaternary nitrogens is 1. The smallest absolute Gasteiger partial charge is 0.198 e. The van der Waals surface area contributed by atoms with Gasteiger partial charge in [-0.3, -0.25) is 4.79 Å². The van der Waals surface area contributed by atoms with Gasteiger partial charge in [-0.1, -0.05) is 36.4 Å². The molecule has 0 aliphatic rings. The summed E-state index contributed by atoms with van der Waals surface area (Å²) in [6, 6.07) is 14.5. The Morgan fingerprint density at radius 1 is 1.00 bits per heavy atom. The molecular weight excluding hydrogens is 296 g/mol. The average Bonchev–Trinajstić information content (AvgIpc) is 2.51. The van der Waals surface area contributed by atoms with Crippen LogP contribution >= 0.6 is 0 Å². The second-order valence-corrected chi connectivity index (χ2v) is 6.86. The van der Waals surface area contributed by atoms with Crippen molar-refractivity contribution in [3.05, 3.63) is 80.6 Å². The minimum Gasteiger partial charge on any atom is -0.358 e. The molecule has 3 aromatic rings. The van der Waals surface area contributed by atoms with Crippen LogP contribution in [0.5, 0.6) is 0 Å². The molecule has 3 heteroatoms. The Kier molecular flexibility index (Phi) is 4.54. The predicted molar refractivity (Wildman–Crippen MR) is 99.5 cm³/mol. The molecule has 0 saturated carbocycles. The lowest BCUT2D eigenvalue weighted by atomic mass is 10.0. The largest absolute Gasteiger partial charge is 0.358 e. The zero-order valence-electron chi connectivity index (χ0n) is 14.9. The molecule has 2 aromatic carbocycles. The SMILES string of the molecule is Cc1cc(C)c2c(=O)c(C[NH+](C)Cc3ccccc3)c(C)[nH]c2c1. The van der Waals surface area contributed by atoms with Crippen LogP contribution in [0.1, 0.15) is 27.9 Å². The van der Waals surface area contributed by atoms with Crippen LogP contribution in [0.2, 0.25) is 0 Å². The molecule has 0 fully saturated rings. The van der Waals surface area contributed by atoms with E-state index in [0.717, 1.165) is 40.8 Å². The first-order chi connectivity index (χ1) is 11.5. The van der Waals surface area contributed by atoms with E-state index < -0.39 is 0 Å². The summed E-state index contributed by atoms with van der Waals surface area (Å²) >= 11 is 0. The fraction of sp³-hybridized carbons (Fsp3) is 0.286. The molecule has 3 rings (SSSR count). The first-order valence-electron chi connectivity index (χ1n) is 8.43. The van der Waals surface area contributed by atoms with Gasteiger partial charge < -0.3 is 9.88 Å². The Labute approximate surface area is 143 Å². The van der Waals surface area contributed by atoms with Gasteiger partial charge in [-0.2, -0.15) is 0 Å². The van der Waals surface area contributed by atoms with Crippen LogP contribution in [0.25, 0.3) is 10.9 Å². The Morgan fingerprint density at radius 2 is 1.71 bits per heavy atom. The number of benzene rings is 2. The average molecular weight is 321 g/mol. The van der Waals surface area contributed by atoms with Crippen molar-refractivity contribution in [1.82, 2.24) is 4.98 Å². The zero-order chi connectivity index (χ0) is 17.3. The monoisotopic (exact) mass is 321 g/mol. The van der Waals surface area contributed by atoms with Gasteiger partial charge in [-0.25, -0.2) is 0 Å². The van der Waals surface area contributed by atoms with Crippen molar-refractivity contribution >= 4 is 10.9 Å². The Morgan fingerprint density at radius 3 is 2.42 bits per heavy atom. The number of rotatable bonds is 4. The molecule has 0 spiro atoms. The number of hydrogen-bond donors (Lipinski definition) is 2. The van der Waals surface area contributed by atoms with Crippen LogP contribution in [-0.2, 0) is 13.1 Å². The van der Waals surface area contributed by atoms with Crippen molar-refractivity contribution in [2.24, 2.45) is 0 Å². The first-order valence-corrected chi connectivity index (χ1v) is 8.43. The van der Waals surface area contributed by atoms with E-state index in [4.69, 9.17) is 0 Å². The van der Waals surface area contributed by atoms with Gasteiger partial charge in [-0.05, 0) is 38.0 Å². The Balaban J connectivity index is 1.96. The van der Waals surface area contributed by atoms with Crippen molar-refractivity contribution < 1.29 is 4.90 Å². The lowest BCUT2D eigenvalue weighted by Crippen LogP contribution is -3.06. The third kappa shape index (κ3) is 3.26. The number of hydrogen-bond acceptors (Lipinski definition) is 1. The zero-order valence-corrected chi connectivity index (χ0v) is 14.9. The summed E-state index contributed by atoms with van der Waals surface area (Å²) < 4.78 is 0. The number of aromatic amines is 1. The van der Waals surface area contributed by atoms with Crippen molar-refractivity contribution in [2.75, 3.05) is 7.05 Å². The van der Waals surface area contributed by atoms with E-state index in [-0.39, 0.29) is 5.43 Å². The standard InChI is InChI=1S/C21H24N2O/c1-14-10-15(2)20-19(11-14)22-16(3)18(21(20)24)13-23(4)12-17-8-6-5-7-9-17/h5-11H,12-13H2,1-4H3,(H,22,24)/p+1. The molecule has 24 heavy (non-hydrogen) atoms. The summed E-state index contributed by atoms with van der Waals surface area (Å²) in [4.78, 5) is 17.8. The summed E-state index contributed by atoms with van der Waals surface area (Å²) in [5.41, 5.74) is 6.50. The second kappa shape index (κ2) is 6.62. The van der Waals surface area contributed by atoms with Crippen LogP contribution in [-0.4, -0.2) is 12.0 Å². The molecule has 0 aliphatic carbocycles. The van der Waals surface area contributed by atoms with E-state index in [1.165, 1.54) is 16.0 Å². The first kappa shape index (κ1) is 16.5. The minimum absolute atomic E-state index is 0.172. The maximum atomic E-state index is 13.0. The Bertz CT molecular complexity index is 926. The maximum Gasteiger partial charge on any atom is 0.198 e. The number of pyridine rings is 1. The van der Waals surface area contributed by atoms with Crippen LogP contribution in [0.15, 0.2) is 47.3 Å². The molecule has 1 heterocycles. The number of aromatic nitrogens is 1. The molecule has 1 atom stereocenters. The molecule has 0 saturated heterocycles. The topological polar surface area (TPSA) is 37.3 Å². The lowest BCUT2D eigenvalue weighted by molar-refractivity contribution is -0.907. The molecular formula is C21H25N2O+. The van der Waals surface area contributed by atoms with Crippen molar-refractivity contribution in [3.8, 4) is 0 Å². The highest BCUT2D eigenvalue weighted by molar-refractivity contribution is 5.83. The van der Waals surface area contributed by atoms with Gasteiger partial charge in [0.2, 0.25) is 0 Å². The second-order valence-electron chi connectivity index (χ2n) is 6.86. The van der Waals surface area contributed by atoms with Gasteiger partial charge in [0.25, 0.3) is 0 Å². The van der Waals surface area contributed by atoms with E-state index in [9.17, 15) is 4.79 Å². The normalized spacial score (nSPS) is 12.5. The van der Waals surface area contributed by atoms with Gasteiger partial charge in [0, 0.05) is 16.6 Å². The van der Waals surface area contributed by atoms with Crippen molar-refractivity contribution in [3.63, 3.8) is 0 Å². The van der Waals surface area contributed by atoms with Gasteiger partial charge in [0.05, 0.1) is 18.1 Å². The van der Waals surface area contributed by atoms with E-state index in [1.807, 2.05) is 19.9 Å². The van der Waals surface area contributed by atoms with Gasteiger partial charge in [0.15, 0.2) is 5.43 Å². The van der Waals surface area contributed by atoms with E-state index in [0.29, 0.717) is 0 Å². The Hall–Kier alpha value is -2.39. The van der Waals surface area contributed by atoms with Crippen molar-refractivity contribution in [1.29, 1.82) is 0 Å². The lowest BCUT2D eigenvalue weighted by Gasteiger charge is -2.16. The highest BCUT2D eigenvalue weighted by atomic mass is 16.1. The van der Waals surface area contributed by atoms with Crippen LogP contribution < -0.4 is 10.3 Å². The fourth-order valence-electron chi connectivity index (χ4n) is 3.49. The van der Waals surface area contributed by atoms with E-state index >= 15 is 0 Å². The third-order valence-electron chi connectivity index (χ3n) is 4.58. The number of H-pyrrole nitrogens is 1. The minimum atomic E-state index is 0.172. The quantitative estimate of drug-likeness (QED) is 0.762. The molecule has 0 aliphatic heterocycles.